The predicted molar refractivity (Wildman–Crippen MR) is 88.2 cm³/mol. The van der Waals surface area contributed by atoms with Crippen LogP contribution >= 0.6 is 0 Å². The Bertz CT molecular complexity index is 816. The Labute approximate surface area is 137 Å². The van der Waals surface area contributed by atoms with Crippen LogP contribution in [-0.4, -0.2) is 24.0 Å². The molecule has 24 heavy (non-hydrogen) atoms. The number of fused-ring (bicyclic) bond motifs is 1. The van der Waals surface area contributed by atoms with E-state index < -0.39 is 4.92 Å². The van der Waals surface area contributed by atoms with Gasteiger partial charge >= 0.3 is 0 Å². The number of nitro groups is 1. The molecule has 2 aromatic rings. The zero-order valence-electron chi connectivity index (χ0n) is 12.6. The van der Waals surface area contributed by atoms with Gasteiger partial charge in [-0.05, 0) is 29.8 Å². The fraction of sp³-hybridized carbons (Fsp3) is 0.118. The van der Waals surface area contributed by atoms with Crippen LogP contribution in [0.25, 0.3) is 6.08 Å². The van der Waals surface area contributed by atoms with Gasteiger partial charge in [0, 0.05) is 23.9 Å². The van der Waals surface area contributed by atoms with Gasteiger partial charge in [-0.2, -0.15) is 0 Å². The highest BCUT2D eigenvalue weighted by atomic mass is 16.6. The second kappa shape index (κ2) is 6.82. The highest BCUT2D eigenvalue weighted by Gasteiger charge is 2.11. The van der Waals surface area contributed by atoms with E-state index in [1.165, 1.54) is 24.3 Å². The van der Waals surface area contributed by atoms with Crippen molar-refractivity contribution in [3.05, 3.63) is 64.2 Å². The van der Waals surface area contributed by atoms with Crippen LogP contribution < -0.4 is 14.8 Å². The maximum atomic E-state index is 11.9. The van der Waals surface area contributed by atoms with Gasteiger partial charge in [0.2, 0.25) is 5.91 Å². The molecule has 2 aromatic carbocycles. The monoisotopic (exact) mass is 326 g/mol. The Morgan fingerprint density at radius 2 is 1.92 bits per heavy atom. The van der Waals surface area contributed by atoms with E-state index >= 15 is 0 Å². The van der Waals surface area contributed by atoms with Crippen LogP contribution in [0.4, 0.5) is 11.4 Å². The summed E-state index contributed by atoms with van der Waals surface area (Å²) in [5.41, 5.74) is 1.07. The number of amides is 1. The van der Waals surface area contributed by atoms with E-state index in [1.807, 2.05) is 6.07 Å². The molecule has 0 atom stereocenters. The van der Waals surface area contributed by atoms with Crippen LogP contribution in [0.3, 0.4) is 0 Å². The quantitative estimate of drug-likeness (QED) is 0.530. The van der Waals surface area contributed by atoms with E-state index in [-0.39, 0.29) is 11.6 Å². The number of hydrogen-bond acceptors (Lipinski definition) is 5. The van der Waals surface area contributed by atoms with Crippen molar-refractivity contribution in [2.45, 2.75) is 0 Å². The van der Waals surface area contributed by atoms with Crippen LogP contribution in [-0.2, 0) is 4.79 Å². The first-order chi connectivity index (χ1) is 11.6. The molecule has 1 amide bonds. The molecule has 1 aliphatic rings. The van der Waals surface area contributed by atoms with Gasteiger partial charge in [0.15, 0.2) is 11.5 Å². The Kier molecular flexibility index (Phi) is 4.42. The Hall–Kier alpha value is -3.35. The molecular formula is C17H14N2O5. The van der Waals surface area contributed by atoms with Crippen molar-refractivity contribution in [3.63, 3.8) is 0 Å². The van der Waals surface area contributed by atoms with E-state index in [2.05, 4.69) is 5.32 Å². The standard InChI is InChI=1S/C17H14N2O5/c20-17(18-13-2-1-3-14(11-13)19(21)22)7-5-12-4-6-15-16(10-12)24-9-8-23-15/h1-7,10-11H,8-9H2,(H,18,20)/b7-5+. The maximum absolute atomic E-state index is 11.9. The zero-order chi connectivity index (χ0) is 16.9. The van der Waals surface area contributed by atoms with Crippen LogP contribution in [0, 0.1) is 10.1 Å². The minimum absolute atomic E-state index is 0.0800. The number of ether oxygens (including phenoxy) is 2. The molecule has 1 N–H and O–H groups in total. The minimum atomic E-state index is -0.513. The normalized spacial score (nSPS) is 12.8. The highest BCUT2D eigenvalue weighted by Crippen LogP contribution is 2.31. The number of benzene rings is 2. The van der Waals surface area contributed by atoms with Gasteiger partial charge < -0.3 is 14.8 Å². The molecule has 7 heteroatoms. The van der Waals surface area contributed by atoms with E-state index in [0.717, 1.165) is 5.56 Å². The number of nitrogens with zero attached hydrogens (tertiary/aromatic N) is 1. The number of nitrogens with one attached hydrogen (secondary N) is 1. The first-order valence-electron chi connectivity index (χ1n) is 7.25. The molecule has 3 rings (SSSR count). The lowest BCUT2D eigenvalue weighted by Gasteiger charge is -2.18. The van der Waals surface area contributed by atoms with Crippen LogP contribution in [0.5, 0.6) is 11.5 Å². The van der Waals surface area contributed by atoms with Crippen molar-refractivity contribution >= 4 is 23.4 Å². The molecule has 0 saturated heterocycles. The summed E-state index contributed by atoms with van der Waals surface area (Å²) in [6.07, 6.45) is 2.98. The van der Waals surface area contributed by atoms with Crippen molar-refractivity contribution < 1.29 is 19.2 Å². The van der Waals surface area contributed by atoms with Crippen LogP contribution in [0.15, 0.2) is 48.5 Å². The maximum Gasteiger partial charge on any atom is 0.271 e. The zero-order valence-corrected chi connectivity index (χ0v) is 12.6. The number of carbonyl (C=O) groups is 1. The minimum Gasteiger partial charge on any atom is -0.486 e. The van der Waals surface area contributed by atoms with Gasteiger partial charge in [-0.3, -0.25) is 14.9 Å². The summed E-state index contributed by atoms with van der Waals surface area (Å²) >= 11 is 0. The van der Waals surface area contributed by atoms with Crippen molar-refractivity contribution in [2.75, 3.05) is 18.5 Å². The molecule has 0 spiro atoms. The molecule has 7 nitrogen and oxygen atoms in total. The molecule has 0 bridgehead atoms. The lowest BCUT2D eigenvalue weighted by molar-refractivity contribution is -0.384. The molecular weight excluding hydrogens is 312 g/mol. The molecule has 0 aliphatic carbocycles. The SMILES string of the molecule is O=C(/C=C/c1ccc2c(c1)OCCO2)Nc1cccc([N+](=O)[O-])c1. The van der Waals surface area contributed by atoms with Crippen molar-refractivity contribution in [1.29, 1.82) is 0 Å². The summed E-state index contributed by atoms with van der Waals surface area (Å²) < 4.78 is 10.9. The number of anilines is 1. The molecule has 122 valence electrons. The van der Waals surface area contributed by atoms with E-state index in [1.54, 1.807) is 24.3 Å². The number of hydrogen-bond donors (Lipinski definition) is 1. The lowest BCUT2D eigenvalue weighted by atomic mass is 10.2. The fourth-order valence-corrected chi connectivity index (χ4v) is 2.22. The summed E-state index contributed by atoms with van der Waals surface area (Å²) in [5.74, 6) is 0.937. The Morgan fingerprint density at radius 1 is 1.12 bits per heavy atom. The van der Waals surface area contributed by atoms with E-state index in [9.17, 15) is 14.9 Å². The highest BCUT2D eigenvalue weighted by molar-refractivity contribution is 6.02. The summed E-state index contributed by atoms with van der Waals surface area (Å²) in [4.78, 5) is 22.1. The lowest BCUT2D eigenvalue weighted by Crippen LogP contribution is -2.15. The van der Waals surface area contributed by atoms with E-state index in [4.69, 9.17) is 9.47 Å². The average molecular weight is 326 g/mol. The first-order valence-corrected chi connectivity index (χ1v) is 7.25. The third-order valence-corrected chi connectivity index (χ3v) is 3.32. The van der Waals surface area contributed by atoms with Gasteiger partial charge in [-0.1, -0.05) is 12.1 Å². The largest absolute Gasteiger partial charge is 0.486 e. The Balaban J connectivity index is 1.67. The number of rotatable bonds is 4. The van der Waals surface area contributed by atoms with Gasteiger partial charge in [-0.15, -0.1) is 0 Å². The molecule has 1 heterocycles. The molecule has 1 aliphatic heterocycles. The molecule has 0 aromatic heterocycles. The molecule has 0 radical (unpaired) electrons. The van der Waals surface area contributed by atoms with E-state index in [0.29, 0.717) is 30.4 Å². The molecule has 0 saturated carbocycles. The van der Waals surface area contributed by atoms with Crippen molar-refractivity contribution in [2.24, 2.45) is 0 Å². The third kappa shape index (κ3) is 3.70. The summed E-state index contributed by atoms with van der Waals surface area (Å²) in [6.45, 7) is 1.02. The predicted octanol–water partition coefficient (Wildman–Crippen LogP) is 3.02. The van der Waals surface area contributed by atoms with Gasteiger partial charge in [-0.25, -0.2) is 0 Å². The number of non-ortho nitro benzene ring substituents is 1. The first kappa shape index (κ1) is 15.5. The van der Waals surface area contributed by atoms with Crippen molar-refractivity contribution in [1.82, 2.24) is 0 Å². The second-order valence-corrected chi connectivity index (χ2v) is 5.03. The van der Waals surface area contributed by atoms with Gasteiger partial charge in [0.05, 0.1) is 4.92 Å². The summed E-state index contributed by atoms with van der Waals surface area (Å²) in [6, 6.07) is 11.1. The smallest absolute Gasteiger partial charge is 0.271 e. The Morgan fingerprint density at radius 3 is 2.71 bits per heavy atom. The van der Waals surface area contributed by atoms with Crippen LogP contribution in [0.2, 0.25) is 0 Å². The topological polar surface area (TPSA) is 90.7 Å². The average Bonchev–Trinajstić information content (AvgIpc) is 2.60. The molecule has 0 fully saturated rings. The second-order valence-electron chi connectivity index (χ2n) is 5.03. The third-order valence-electron chi connectivity index (χ3n) is 3.32. The van der Waals surface area contributed by atoms with Gasteiger partial charge in [0.25, 0.3) is 5.69 Å². The van der Waals surface area contributed by atoms with Crippen LogP contribution in [0.1, 0.15) is 5.56 Å². The fourth-order valence-electron chi connectivity index (χ4n) is 2.22. The van der Waals surface area contributed by atoms with Crippen molar-refractivity contribution in [3.8, 4) is 11.5 Å². The molecule has 0 unspecified atom stereocenters. The number of carbonyl (C=O) groups excluding carboxylic acids is 1. The summed E-state index contributed by atoms with van der Waals surface area (Å²) in [7, 11) is 0. The number of nitro benzene ring substituents is 1. The summed E-state index contributed by atoms with van der Waals surface area (Å²) in [5, 5.41) is 13.3. The van der Waals surface area contributed by atoms with Gasteiger partial charge in [0.1, 0.15) is 13.2 Å².